The molecule has 0 spiro atoms. The number of nitrogens with two attached hydrogens (primary N) is 1. The van der Waals surface area contributed by atoms with Gasteiger partial charge in [-0.25, -0.2) is 0 Å². The van der Waals surface area contributed by atoms with Crippen molar-refractivity contribution in [2.24, 2.45) is 11.7 Å². The second-order valence-corrected chi connectivity index (χ2v) is 5.09. The number of carbonyl (C=O) groups excluding carboxylic acids is 1. The van der Waals surface area contributed by atoms with Crippen molar-refractivity contribution in [2.45, 2.75) is 51.2 Å². The molecule has 0 aromatic rings. The first-order valence-corrected chi connectivity index (χ1v) is 5.97. The maximum atomic E-state index is 11.6. The van der Waals surface area contributed by atoms with Crippen molar-refractivity contribution in [3.63, 3.8) is 0 Å². The highest BCUT2D eigenvalue weighted by Gasteiger charge is 2.40. The van der Waals surface area contributed by atoms with E-state index < -0.39 is 5.54 Å². The van der Waals surface area contributed by atoms with Crippen molar-refractivity contribution < 1.29 is 14.3 Å². The molecule has 0 aliphatic heterocycles. The number of hydrogen-bond donors (Lipinski definition) is 1. The molecule has 1 aliphatic rings. The van der Waals surface area contributed by atoms with Gasteiger partial charge in [-0.15, -0.1) is 0 Å². The van der Waals surface area contributed by atoms with Crippen LogP contribution in [0.5, 0.6) is 0 Å². The van der Waals surface area contributed by atoms with Crippen LogP contribution in [-0.4, -0.2) is 31.3 Å². The van der Waals surface area contributed by atoms with Crippen LogP contribution in [-0.2, 0) is 14.3 Å². The molecule has 0 bridgehead atoms. The van der Waals surface area contributed by atoms with Crippen LogP contribution in [0.4, 0.5) is 0 Å². The second kappa shape index (κ2) is 5.64. The smallest absolute Gasteiger partial charge is 0.325 e. The standard InChI is InChI=1S/C12H23NO3/c1-9(2)8-16-10-5-4-6-12(13,7-10)11(14)15-3/h9-10H,4-8,13H2,1-3H3. The van der Waals surface area contributed by atoms with E-state index in [4.69, 9.17) is 15.2 Å². The second-order valence-electron chi connectivity index (χ2n) is 5.09. The van der Waals surface area contributed by atoms with Crippen LogP contribution in [0, 0.1) is 5.92 Å². The van der Waals surface area contributed by atoms with E-state index in [1.165, 1.54) is 7.11 Å². The molecule has 2 N–H and O–H groups in total. The van der Waals surface area contributed by atoms with Gasteiger partial charge in [0.25, 0.3) is 0 Å². The van der Waals surface area contributed by atoms with E-state index >= 15 is 0 Å². The highest BCUT2D eigenvalue weighted by atomic mass is 16.5. The van der Waals surface area contributed by atoms with Gasteiger partial charge in [-0.2, -0.15) is 0 Å². The molecule has 1 aliphatic carbocycles. The fourth-order valence-electron chi connectivity index (χ4n) is 2.12. The summed E-state index contributed by atoms with van der Waals surface area (Å²) in [6, 6.07) is 0. The number of methoxy groups -OCH3 is 1. The Morgan fingerprint density at radius 1 is 1.56 bits per heavy atom. The zero-order chi connectivity index (χ0) is 12.2. The molecular weight excluding hydrogens is 206 g/mol. The summed E-state index contributed by atoms with van der Waals surface area (Å²) in [5.41, 5.74) is 5.22. The minimum Gasteiger partial charge on any atom is -0.468 e. The lowest BCUT2D eigenvalue weighted by Crippen LogP contribution is -2.53. The molecular formula is C12H23NO3. The SMILES string of the molecule is COC(=O)C1(N)CCCC(OCC(C)C)C1. The third-order valence-corrected chi connectivity index (χ3v) is 3.00. The fraction of sp³-hybridized carbons (Fsp3) is 0.917. The molecule has 0 heterocycles. The van der Waals surface area contributed by atoms with Crippen LogP contribution >= 0.6 is 0 Å². The first-order chi connectivity index (χ1) is 7.48. The Hall–Kier alpha value is -0.610. The molecule has 0 aromatic carbocycles. The van der Waals surface area contributed by atoms with Gasteiger partial charge in [0.15, 0.2) is 0 Å². The number of ether oxygens (including phenoxy) is 2. The summed E-state index contributed by atoms with van der Waals surface area (Å²) in [6.45, 7) is 4.94. The van der Waals surface area contributed by atoms with Crippen LogP contribution in [0.15, 0.2) is 0 Å². The maximum absolute atomic E-state index is 11.6. The minimum absolute atomic E-state index is 0.0975. The molecule has 1 saturated carbocycles. The van der Waals surface area contributed by atoms with Crippen molar-refractivity contribution in [2.75, 3.05) is 13.7 Å². The van der Waals surface area contributed by atoms with Crippen LogP contribution in [0.3, 0.4) is 0 Å². The van der Waals surface area contributed by atoms with Gasteiger partial charge in [0.05, 0.1) is 13.2 Å². The average molecular weight is 229 g/mol. The van der Waals surface area contributed by atoms with Crippen molar-refractivity contribution in [3.8, 4) is 0 Å². The Kier molecular flexibility index (Phi) is 4.74. The molecule has 2 unspecified atom stereocenters. The molecule has 16 heavy (non-hydrogen) atoms. The van der Waals surface area contributed by atoms with Crippen LogP contribution in [0.1, 0.15) is 39.5 Å². The van der Waals surface area contributed by atoms with Gasteiger partial charge in [-0.1, -0.05) is 13.8 Å². The van der Waals surface area contributed by atoms with Crippen molar-refractivity contribution in [1.29, 1.82) is 0 Å². The molecule has 94 valence electrons. The van der Waals surface area contributed by atoms with E-state index in [-0.39, 0.29) is 12.1 Å². The third-order valence-electron chi connectivity index (χ3n) is 3.00. The molecule has 4 heteroatoms. The van der Waals surface area contributed by atoms with Gasteiger partial charge in [0, 0.05) is 13.0 Å². The molecule has 2 atom stereocenters. The van der Waals surface area contributed by atoms with Crippen molar-refractivity contribution >= 4 is 5.97 Å². The Bertz CT molecular complexity index is 242. The molecule has 0 radical (unpaired) electrons. The van der Waals surface area contributed by atoms with Crippen molar-refractivity contribution in [3.05, 3.63) is 0 Å². The minimum atomic E-state index is -0.839. The average Bonchev–Trinajstić information content (AvgIpc) is 2.25. The van der Waals surface area contributed by atoms with Gasteiger partial charge >= 0.3 is 5.97 Å². The van der Waals surface area contributed by atoms with E-state index in [1.807, 2.05) is 0 Å². The zero-order valence-corrected chi connectivity index (χ0v) is 10.5. The molecule has 4 nitrogen and oxygen atoms in total. The Morgan fingerprint density at radius 3 is 2.81 bits per heavy atom. The Labute approximate surface area is 97.5 Å². The number of rotatable bonds is 4. The van der Waals surface area contributed by atoms with E-state index in [0.29, 0.717) is 18.8 Å². The molecule has 1 fully saturated rings. The molecule has 0 saturated heterocycles. The largest absolute Gasteiger partial charge is 0.468 e. The normalized spacial score (nSPS) is 30.4. The lowest BCUT2D eigenvalue weighted by atomic mass is 9.81. The molecule has 0 amide bonds. The summed E-state index contributed by atoms with van der Waals surface area (Å²) >= 11 is 0. The lowest BCUT2D eigenvalue weighted by molar-refractivity contribution is -0.150. The highest BCUT2D eigenvalue weighted by molar-refractivity contribution is 5.80. The summed E-state index contributed by atoms with van der Waals surface area (Å²) in [6.07, 6.45) is 3.28. The topological polar surface area (TPSA) is 61.5 Å². The summed E-state index contributed by atoms with van der Waals surface area (Å²) in [5.74, 6) is 0.192. The van der Waals surface area contributed by atoms with E-state index in [1.54, 1.807) is 0 Å². The van der Waals surface area contributed by atoms with Crippen LogP contribution in [0.25, 0.3) is 0 Å². The summed E-state index contributed by atoms with van der Waals surface area (Å²) in [5, 5.41) is 0. The summed E-state index contributed by atoms with van der Waals surface area (Å²) in [4.78, 5) is 11.6. The van der Waals surface area contributed by atoms with Gasteiger partial charge < -0.3 is 15.2 Å². The van der Waals surface area contributed by atoms with E-state index in [2.05, 4.69) is 13.8 Å². The molecule has 0 aromatic heterocycles. The Morgan fingerprint density at radius 2 is 2.25 bits per heavy atom. The number of esters is 1. The lowest BCUT2D eigenvalue weighted by Gasteiger charge is -2.35. The van der Waals surface area contributed by atoms with Crippen LogP contribution in [0.2, 0.25) is 0 Å². The first kappa shape index (κ1) is 13.5. The predicted octanol–water partition coefficient (Wildman–Crippen LogP) is 1.47. The third kappa shape index (κ3) is 3.46. The fourth-order valence-corrected chi connectivity index (χ4v) is 2.12. The van der Waals surface area contributed by atoms with Gasteiger partial charge in [-0.3, -0.25) is 4.79 Å². The summed E-state index contributed by atoms with van der Waals surface area (Å²) < 4.78 is 10.5. The van der Waals surface area contributed by atoms with Crippen molar-refractivity contribution in [1.82, 2.24) is 0 Å². The van der Waals surface area contributed by atoms with Gasteiger partial charge in [-0.05, 0) is 25.2 Å². The zero-order valence-electron chi connectivity index (χ0n) is 10.5. The van der Waals surface area contributed by atoms with E-state index in [0.717, 1.165) is 19.4 Å². The van der Waals surface area contributed by atoms with Gasteiger partial charge in [0.1, 0.15) is 5.54 Å². The number of hydrogen-bond acceptors (Lipinski definition) is 4. The number of carbonyl (C=O) groups is 1. The molecule has 1 rings (SSSR count). The quantitative estimate of drug-likeness (QED) is 0.742. The van der Waals surface area contributed by atoms with Gasteiger partial charge in [0.2, 0.25) is 0 Å². The first-order valence-electron chi connectivity index (χ1n) is 5.97. The predicted molar refractivity (Wildman–Crippen MR) is 62.0 cm³/mol. The Balaban J connectivity index is 2.49. The highest BCUT2D eigenvalue weighted by Crippen LogP contribution is 2.29. The van der Waals surface area contributed by atoms with Crippen LogP contribution < -0.4 is 5.73 Å². The maximum Gasteiger partial charge on any atom is 0.325 e. The monoisotopic (exact) mass is 229 g/mol. The van der Waals surface area contributed by atoms with E-state index in [9.17, 15) is 4.79 Å². The summed E-state index contributed by atoms with van der Waals surface area (Å²) in [7, 11) is 1.38.